The Morgan fingerprint density at radius 3 is 2.20 bits per heavy atom. The fraction of sp³-hybridized carbons (Fsp3) is 0.500. The van der Waals surface area contributed by atoms with Gasteiger partial charge in [-0.2, -0.15) is 0 Å². The summed E-state index contributed by atoms with van der Waals surface area (Å²) in [6.07, 6.45) is 0.906. The van der Waals surface area contributed by atoms with Gasteiger partial charge >= 0.3 is 0 Å². The second-order valence-electron chi connectivity index (χ2n) is 4.98. The highest BCUT2D eigenvalue weighted by Gasteiger charge is 2.33. The van der Waals surface area contributed by atoms with Crippen LogP contribution in [-0.4, -0.2) is 37.5 Å². The Kier molecular flexibility index (Phi) is 4.89. The summed E-state index contributed by atoms with van der Waals surface area (Å²) in [6, 6.07) is 2.70. The van der Waals surface area contributed by atoms with Crippen molar-refractivity contribution in [1.82, 2.24) is 4.31 Å². The van der Waals surface area contributed by atoms with Crippen LogP contribution < -0.4 is 0 Å². The lowest BCUT2D eigenvalue weighted by molar-refractivity contribution is 0.0367. The molecular weight excluding hydrogens is 345 g/mol. The highest BCUT2D eigenvalue weighted by Crippen LogP contribution is 2.35. The van der Waals surface area contributed by atoms with Crippen LogP contribution in [-0.2, 0) is 10.0 Å². The average Bonchev–Trinajstić information content (AvgIpc) is 2.24. The minimum Gasteiger partial charge on any atom is -0.393 e. The molecule has 0 radical (unpaired) electrons. The maximum atomic E-state index is 12.5. The van der Waals surface area contributed by atoms with E-state index in [0.717, 1.165) is 0 Å². The molecule has 1 aromatic rings. The summed E-state index contributed by atoms with van der Waals surface area (Å²) in [5.41, 5.74) is 0. The van der Waals surface area contributed by atoms with Crippen molar-refractivity contribution >= 4 is 44.8 Å². The van der Waals surface area contributed by atoms with Crippen molar-refractivity contribution in [1.29, 1.82) is 0 Å². The van der Waals surface area contributed by atoms with E-state index in [-0.39, 0.29) is 32.0 Å². The van der Waals surface area contributed by atoms with Crippen LogP contribution in [0.25, 0.3) is 0 Å². The van der Waals surface area contributed by atoms with Gasteiger partial charge in [-0.15, -0.1) is 0 Å². The molecule has 0 atom stereocenters. The summed E-state index contributed by atoms with van der Waals surface area (Å²) < 4.78 is 26.2. The number of aliphatic hydroxyl groups excluding tert-OH is 1. The Hall–Kier alpha value is -0.0400. The van der Waals surface area contributed by atoms with Crippen LogP contribution in [0.1, 0.15) is 12.8 Å². The van der Waals surface area contributed by atoms with E-state index in [1.54, 1.807) is 0 Å². The Balaban J connectivity index is 2.26. The van der Waals surface area contributed by atoms with Crippen molar-refractivity contribution in [3.05, 3.63) is 27.2 Å². The lowest BCUT2D eigenvalue weighted by atomic mass is 9.82. The van der Waals surface area contributed by atoms with Crippen LogP contribution >= 0.6 is 34.8 Å². The first-order chi connectivity index (χ1) is 9.21. The number of nitrogens with zero attached hydrogens (tertiary/aromatic N) is 1. The number of rotatable bonds is 4. The molecule has 0 spiro atoms. The van der Waals surface area contributed by atoms with Gasteiger partial charge in [-0.05, 0) is 30.9 Å². The molecule has 0 bridgehead atoms. The largest absolute Gasteiger partial charge is 0.393 e. The lowest BCUT2D eigenvalue weighted by Gasteiger charge is -2.34. The molecule has 112 valence electrons. The summed E-state index contributed by atoms with van der Waals surface area (Å²) in [5, 5.41) is 9.53. The van der Waals surface area contributed by atoms with Crippen molar-refractivity contribution in [2.75, 3.05) is 13.6 Å². The van der Waals surface area contributed by atoms with Gasteiger partial charge in [0.05, 0.1) is 16.1 Å². The Labute approximate surface area is 133 Å². The first-order valence-electron chi connectivity index (χ1n) is 6.00. The lowest BCUT2D eigenvalue weighted by Crippen LogP contribution is -2.39. The number of aliphatic hydroxyl groups is 1. The Morgan fingerprint density at radius 2 is 1.75 bits per heavy atom. The topological polar surface area (TPSA) is 57.6 Å². The molecule has 1 aromatic carbocycles. The first kappa shape index (κ1) is 16.3. The van der Waals surface area contributed by atoms with E-state index in [1.807, 2.05) is 0 Å². The van der Waals surface area contributed by atoms with Crippen LogP contribution in [0, 0.1) is 5.92 Å². The van der Waals surface area contributed by atoms with E-state index in [9.17, 15) is 13.5 Å². The molecular formula is C12H14Cl3NO3S. The van der Waals surface area contributed by atoms with Gasteiger partial charge in [-0.1, -0.05) is 34.8 Å². The van der Waals surface area contributed by atoms with E-state index >= 15 is 0 Å². The maximum Gasteiger partial charge on any atom is 0.245 e. The zero-order valence-corrected chi connectivity index (χ0v) is 13.8. The number of halogens is 3. The van der Waals surface area contributed by atoms with Crippen molar-refractivity contribution in [2.45, 2.75) is 23.8 Å². The molecule has 2 rings (SSSR count). The van der Waals surface area contributed by atoms with Gasteiger partial charge in [0, 0.05) is 18.6 Å². The van der Waals surface area contributed by atoms with Crippen molar-refractivity contribution in [2.24, 2.45) is 5.92 Å². The van der Waals surface area contributed by atoms with Gasteiger partial charge in [0.2, 0.25) is 10.0 Å². The molecule has 4 nitrogen and oxygen atoms in total. The zero-order chi connectivity index (χ0) is 15.1. The van der Waals surface area contributed by atoms with Crippen molar-refractivity contribution in [3.63, 3.8) is 0 Å². The number of benzene rings is 1. The van der Waals surface area contributed by atoms with Gasteiger partial charge in [-0.25, -0.2) is 12.7 Å². The van der Waals surface area contributed by atoms with Gasteiger partial charge in [0.1, 0.15) is 4.90 Å². The van der Waals surface area contributed by atoms with Crippen LogP contribution in [0.5, 0.6) is 0 Å². The molecule has 1 fully saturated rings. The molecule has 0 unspecified atom stereocenters. The first-order valence-corrected chi connectivity index (χ1v) is 8.58. The molecule has 1 aliphatic rings. The fourth-order valence-electron chi connectivity index (χ4n) is 2.24. The average molecular weight is 359 g/mol. The van der Waals surface area contributed by atoms with Gasteiger partial charge in [-0.3, -0.25) is 0 Å². The third-order valence-electron chi connectivity index (χ3n) is 3.36. The minimum absolute atomic E-state index is 0.00277. The van der Waals surface area contributed by atoms with Crippen LogP contribution in [0.3, 0.4) is 0 Å². The summed E-state index contributed by atoms with van der Waals surface area (Å²) in [6.45, 7) is 0.328. The molecule has 8 heteroatoms. The third kappa shape index (κ3) is 3.24. The van der Waals surface area contributed by atoms with E-state index in [0.29, 0.717) is 19.4 Å². The van der Waals surface area contributed by atoms with Gasteiger partial charge in [0.25, 0.3) is 0 Å². The summed E-state index contributed by atoms with van der Waals surface area (Å²) in [5.74, 6) is 0.162. The van der Waals surface area contributed by atoms with Crippen LogP contribution in [0.4, 0.5) is 0 Å². The second kappa shape index (κ2) is 5.99. The van der Waals surface area contributed by atoms with Gasteiger partial charge < -0.3 is 5.11 Å². The van der Waals surface area contributed by atoms with Crippen LogP contribution in [0.2, 0.25) is 15.1 Å². The predicted molar refractivity (Wildman–Crippen MR) is 80.0 cm³/mol. The van der Waals surface area contributed by atoms with E-state index in [2.05, 4.69) is 0 Å². The standard InChI is InChI=1S/C12H14Cl3NO3S/c1-16(6-7-2-9(17)3-7)20(18,19)12-10(14)4-8(13)5-11(12)15/h4-5,7,9,17H,2-3,6H2,1H3. The highest BCUT2D eigenvalue weighted by atomic mass is 35.5. The summed E-state index contributed by atoms with van der Waals surface area (Å²) >= 11 is 17.7. The van der Waals surface area contributed by atoms with Crippen LogP contribution in [0.15, 0.2) is 17.0 Å². The second-order valence-corrected chi connectivity index (χ2v) is 8.21. The molecule has 0 heterocycles. The number of sulfonamides is 1. The van der Waals surface area contributed by atoms with E-state index < -0.39 is 10.0 Å². The maximum absolute atomic E-state index is 12.5. The minimum atomic E-state index is -3.78. The Bertz CT molecular complexity index is 591. The Morgan fingerprint density at radius 1 is 1.25 bits per heavy atom. The van der Waals surface area contributed by atoms with E-state index in [4.69, 9.17) is 34.8 Å². The molecule has 0 aliphatic heterocycles. The smallest absolute Gasteiger partial charge is 0.245 e. The third-order valence-corrected chi connectivity index (χ3v) is 6.32. The predicted octanol–water partition coefficient (Wildman–Crippen LogP) is 3.04. The van der Waals surface area contributed by atoms with Gasteiger partial charge in [0.15, 0.2) is 0 Å². The molecule has 0 aromatic heterocycles. The van der Waals surface area contributed by atoms with E-state index in [1.165, 1.54) is 23.5 Å². The molecule has 1 saturated carbocycles. The SMILES string of the molecule is CN(CC1CC(O)C1)S(=O)(=O)c1c(Cl)cc(Cl)cc1Cl. The monoisotopic (exact) mass is 357 g/mol. The van der Waals surface area contributed by atoms with Crippen molar-refractivity contribution in [3.8, 4) is 0 Å². The fourth-order valence-corrected chi connectivity index (χ4v) is 4.97. The molecule has 20 heavy (non-hydrogen) atoms. The quantitative estimate of drug-likeness (QED) is 0.900. The molecule has 0 amide bonds. The molecule has 1 aliphatic carbocycles. The zero-order valence-electron chi connectivity index (χ0n) is 10.7. The normalized spacial score (nSPS) is 22.9. The molecule has 0 saturated heterocycles. The number of hydrogen-bond donors (Lipinski definition) is 1. The summed E-state index contributed by atoms with van der Waals surface area (Å²) in [4.78, 5) is -0.132. The van der Waals surface area contributed by atoms with Crippen molar-refractivity contribution < 1.29 is 13.5 Å². The highest BCUT2D eigenvalue weighted by molar-refractivity contribution is 7.89. The number of hydrogen-bond acceptors (Lipinski definition) is 3. The molecule has 1 N–H and O–H groups in total. The summed E-state index contributed by atoms with van der Waals surface area (Å²) in [7, 11) is -2.30.